The van der Waals surface area contributed by atoms with Crippen molar-refractivity contribution >= 4 is 5.97 Å². The number of aliphatic hydroxyl groups is 1. The molecule has 4 aliphatic carbocycles. The molecule has 4 aliphatic rings. The number of aliphatic hydroxyl groups excluding tert-OH is 1. The van der Waals surface area contributed by atoms with Crippen molar-refractivity contribution in [2.45, 2.75) is 64.9 Å². The van der Waals surface area contributed by atoms with E-state index >= 15 is 0 Å². The predicted octanol–water partition coefficient (Wildman–Crippen LogP) is 3.93. The lowest BCUT2D eigenvalue weighted by Crippen LogP contribution is -2.57. The van der Waals surface area contributed by atoms with Gasteiger partial charge in [0.1, 0.15) is 0 Å². The Morgan fingerprint density at radius 3 is 2.74 bits per heavy atom. The normalized spacial score (nSPS) is 51.7. The van der Waals surface area contributed by atoms with Crippen LogP contribution in [0.5, 0.6) is 0 Å². The van der Waals surface area contributed by atoms with Crippen LogP contribution in [0, 0.1) is 28.1 Å². The highest BCUT2D eigenvalue weighted by Crippen LogP contribution is 2.70. The van der Waals surface area contributed by atoms with Crippen molar-refractivity contribution in [1.29, 1.82) is 0 Å². The summed E-state index contributed by atoms with van der Waals surface area (Å²) in [5, 5.41) is 20.4. The van der Waals surface area contributed by atoms with E-state index in [1.54, 1.807) is 0 Å². The lowest BCUT2D eigenvalue weighted by Gasteiger charge is -2.60. The highest BCUT2D eigenvalue weighted by Gasteiger charge is 2.63. The quantitative estimate of drug-likeness (QED) is 0.721. The van der Waals surface area contributed by atoms with Gasteiger partial charge in [-0.1, -0.05) is 30.7 Å². The van der Waals surface area contributed by atoms with Gasteiger partial charge >= 0.3 is 5.97 Å². The Labute approximate surface area is 138 Å². The third kappa shape index (κ3) is 1.83. The zero-order valence-electron chi connectivity index (χ0n) is 14.3. The molecular formula is C20H28O3. The summed E-state index contributed by atoms with van der Waals surface area (Å²) in [4.78, 5) is 12.0. The van der Waals surface area contributed by atoms with Gasteiger partial charge in [0.15, 0.2) is 0 Å². The summed E-state index contributed by atoms with van der Waals surface area (Å²) in [6.45, 7) is 8.40. The van der Waals surface area contributed by atoms with E-state index in [1.165, 1.54) is 17.6 Å². The Kier molecular flexibility index (Phi) is 3.02. The molecular weight excluding hydrogens is 288 g/mol. The summed E-state index contributed by atoms with van der Waals surface area (Å²) in [6.07, 6.45) is 8.36. The van der Waals surface area contributed by atoms with Gasteiger partial charge in [0.25, 0.3) is 0 Å². The van der Waals surface area contributed by atoms with Crippen LogP contribution in [0.2, 0.25) is 0 Å². The van der Waals surface area contributed by atoms with E-state index in [0.29, 0.717) is 18.8 Å². The number of hydrogen-bond donors (Lipinski definition) is 2. The summed E-state index contributed by atoms with van der Waals surface area (Å²) in [5.74, 6) is 0.00463. The van der Waals surface area contributed by atoms with Crippen molar-refractivity contribution in [3.63, 3.8) is 0 Å². The van der Waals surface area contributed by atoms with Crippen LogP contribution < -0.4 is 0 Å². The first-order chi connectivity index (χ1) is 10.7. The van der Waals surface area contributed by atoms with Crippen LogP contribution in [0.3, 0.4) is 0 Å². The molecule has 3 saturated carbocycles. The molecule has 0 amide bonds. The third-order valence-corrected chi connectivity index (χ3v) is 7.83. The van der Waals surface area contributed by atoms with Crippen molar-refractivity contribution < 1.29 is 15.0 Å². The Balaban J connectivity index is 1.82. The van der Waals surface area contributed by atoms with Gasteiger partial charge in [-0.15, -0.1) is 0 Å². The zero-order valence-corrected chi connectivity index (χ0v) is 14.3. The van der Waals surface area contributed by atoms with Crippen molar-refractivity contribution in [3.05, 3.63) is 23.8 Å². The molecule has 0 heterocycles. The van der Waals surface area contributed by atoms with E-state index in [-0.39, 0.29) is 16.7 Å². The van der Waals surface area contributed by atoms with Crippen molar-refractivity contribution in [2.75, 3.05) is 0 Å². The second-order valence-corrected chi connectivity index (χ2v) is 9.16. The van der Waals surface area contributed by atoms with E-state index in [9.17, 15) is 15.0 Å². The molecule has 0 aliphatic heterocycles. The lowest BCUT2D eigenvalue weighted by molar-refractivity contribution is -0.168. The van der Waals surface area contributed by atoms with Gasteiger partial charge in [0.05, 0.1) is 11.5 Å². The molecule has 1 spiro atoms. The van der Waals surface area contributed by atoms with Gasteiger partial charge < -0.3 is 10.2 Å². The highest BCUT2D eigenvalue weighted by atomic mass is 16.4. The maximum atomic E-state index is 12.0. The van der Waals surface area contributed by atoms with Crippen molar-refractivity contribution in [1.82, 2.24) is 0 Å². The summed E-state index contributed by atoms with van der Waals surface area (Å²) in [7, 11) is 0. The second kappa shape index (κ2) is 4.50. The molecule has 0 aromatic rings. The average molecular weight is 316 g/mol. The van der Waals surface area contributed by atoms with E-state index < -0.39 is 17.5 Å². The van der Waals surface area contributed by atoms with Crippen LogP contribution in [-0.2, 0) is 4.79 Å². The molecule has 3 nitrogen and oxygen atoms in total. The number of carboxylic acid groups (broad SMARTS) is 1. The molecule has 0 radical (unpaired) electrons. The fourth-order valence-electron chi connectivity index (χ4n) is 6.99. The molecule has 4 rings (SSSR count). The van der Waals surface area contributed by atoms with Gasteiger partial charge in [-0.2, -0.15) is 0 Å². The molecule has 6 atom stereocenters. The Morgan fingerprint density at radius 1 is 1.30 bits per heavy atom. The first-order valence-electron chi connectivity index (χ1n) is 9.01. The monoisotopic (exact) mass is 316 g/mol. The number of aliphatic carboxylic acids is 1. The van der Waals surface area contributed by atoms with Gasteiger partial charge in [0.2, 0.25) is 0 Å². The molecule has 3 fully saturated rings. The fourth-order valence-corrected chi connectivity index (χ4v) is 6.99. The molecule has 2 N–H and O–H groups in total. The molecule has 126 valence electrons. The maximum absolute atomic E-state index is 12.0. The number of carboxylic acids is 1. The van der Waals surface area contributed by atoms with Gasteiger partial charge in [0, 0.05) is 0 Å². The van der Waals surface area contributed by atoms with E-state index in [1.807, 2.05) is 6.92 Å². The summed E-state index contributed by atoms with van der Waals surface area (Å²) < 4.78 is 0. The van der Waals surface area contributed by atoms with Crippen molar-refractivity contribution in [3.8, 4) is 0 Å². The smallest absolute Gasteiger partial charge is 0.309 e. The van der Waals surface area contributed by atoms with E-state index in [4.69, 9.17) is 0 Å². The number of allylic oxidation sites excluding steroid dienone is 3. The number of hydrogen-bond acceptors (Lipinski definition) is 2. The largest absolute Gasteiger partial charge is 0.481 e. The SMILES string of the molecule is C=C1CC23CCC4C(C)(C(=O)O)CC(O)CC4(C)C2=CCC1C3. The molecule has 3 heteroatoms. The Bertz CT molecular complexity index is 620. The lowest BCUT2D eigenvalue weighted by atomic mass is 9.43. The van der Waals surface area contributed by atoms with E-state index in [0.717, 1.165) is 25.7 Å². The van der Waals surface area contributed by atoms with Crippen LogP contribution in [-0.4, -0.2) is 22.3 Å². The van der Waals surface area contributed by atoms with Crippen molar-refractivity contribution in [2.24, 2.45) is 28.1 Å². The molecule has 0 aromatic carbocycles. The zero-order chi connectivity index (χ0) is 16.6. The van der Waals surface area contributed by atoms with Gasteiger partial charge in [-0.3, -0.25) is 4.79 Å². The Morgan fingerprint density at radius 2 is 2.04 bits per heavy atom. The minimum Gasteiger partial charge on any atom is -0.481 e. The first kappa shape index (κ1) is 15.4. The van der Waals surface area contributed by atoms with Gasteiger partial charge in [-0.25, -0.2) is 0 Å². The number of fused-ring (bicyclic) bond motifs is 3. The van der Waals surface area contributed by atoms with Crippen LogP contribution in [0.25, 0.3) is 0 Å². The predicted molar refractivity (Wildman–Crippen MR) is 88.8 cm³/mol. The van der Waals surface area contributed by atoms with Gasteiger partial charge in [-0.05, 0) is 74.5 Å². The fraction of sp³-hybridized carbons (Fsp3) is 0.750. The van der Waals surface area contributed by atoms with E-state index in [2.05, 4.69) is 19.6 Å². The second-order valence-electron chi connectivity index (χ2n) is 9.16. The number of carbonyl (C=O) groups is 1. The third-order valence-electron chi connectivity index (χ3n) is 7.83. The first-order valence-corrected chi connectivity index (χ1v) is 9.01. The van der Waals surface area contributed by atoms with Crippen LogP contribution in [0.15, 0.2) is 23.8 Å². The Hall–Kier alpha value is -1.09. The molecule has 6 unspecified atom stereocenters. The summed E-state index contributed by atoms with van der Waals surface area (Å²) in [5.41, 5.74) is 2.06. The molecule has 0 aromatic heterocycles. The molecule has 23 heavy (non-hydrogen) atoms. The van der Waals surface area contributed by atoms with Crippen LogP contribution in [0.4, 0.5) is 0 Å². The molecule has 0 saturated heterocycles. The number of rotatable bonds is 1. The average Bonchev–Trinajstić information content (AvgIpc) is 2.67. The highest BCUT2D eigenvalue weighted by molar-refractivity contribution is 5.75. The maximum Gasteiger partial charge on any atom is 0.309 e. The van der Waals surface area contributed by atoms with Crippen LogP contribution >= 0.6 is 0 Å². The van der Waals surface area contributed by atoms with Crippen LogP contribution in [0.1, 0.15) is 58.8 Å². The summed E-state index contributed by atoms with van der Waals surface area (Å²) >= 11 is 0. The molecule has 2 bridgehead atoms. The minimum atomic E-state index is -0.818. The summed E-state index contributed by atoms with van der Waals surface area (Å²) in [6, 6.07) is 0. The standard InChI is InChI=1S/C20H28O3/c1-12-8-20-7-6-15-18(2,16(20)5-4-13(12)9-20)10-14(21)11-19(15,3)17(22)23/h5,13-15,21H,1,4,6-11H2,2-3H3,(H,22,23). The minimum absolute atomic E-state index is 0.123. The topological polar surface area (TPSA) is 57.5 Å².